The van der Waals surface area contributed by atoms with Gasteiger partial charge >= 0.3 is 0 Å². The van der Waals surface area contributed by atoms with Gasteiger partial charge in [-0.15, -0.1) is 0 Å². The zero-order chi connectivity index (χ0) is 19.2. The summed E-state index contributed by atoms with van der Waals surface area (Å²) in [5, 5.41) is 0. The molecule has 2 aromatic rings. The number of carbonyl (C=O) groups excluding carboxylic acids is 1. The first kappa shape index (κ1) is 19.5. The summed E-state index contributed by atoms with van der Waals surface area (Å²) in [6.07, 6.45) is 4.45. The second kappa shape index (κ2) is 9.09. The first-order chi connectivity index (χ1) is 13.0. The van der Waals surface area contributed by atoms with Crippen LogP contribution in [0.15, 0.2) is 36.4 Å². The summed E-state index contributed by atoms with van der Waals surface area (Å²) in [4.78, 5) is 25.9. The number of likely N-dealkylation sites (N-methyl/N-ethyl adjacent to an activating group) is 1. The summed E-state index contributed by atoms with van der Waals surface area (Å²) >= 11 is 0. The SMILES string of the molecule is Cc1cc(C(=O)N(C)[C@H]2CCCN(CCCc3ccccc3)C2)nc(C)n1. The maximum atomic E-state index is 12.9. The molecule has 5 heteroatoms. The molecule has 0 N–H and O–H groups in total. The molecule has 1 aromatic heterocycles. The molecule has 0 bridgehead atoms. The van der Waals surface area contributed by atoms with E-state index in [1.54, 1.807) is 6.07 Å². The van der Waals surface area contributed by atoms with E-state index in [2.05, 4.69) is 45.2 Å². The van der Waals surface area contributed by atoms with E-state index in [-0.39, 0.29) is 11.9 Å². The predicted octanol–water partition coefficient (Wildman–Crippen LogP) is 3.26. The Hall–Kier alpha value is -2.27. The van der Waals surface area contributed by atoms with Crippen molar-refractivity contribution in [2.45, 2.75) is 45.6 Å². The molecule has 27 heavy (non-hydrogen) atoms. The second-order valence-electron chi connectivity index (χ2n) is 7.54. The first-order valence-corrected chi connectivity index (χ1v) is 9.88. The Morgan fingerprint density at radius 3 is 2.74 bits per heavy atom. The molecule has 1 aromatic carbocycles. The Morgan fingerprint density at radius 2 is 2.00 bits per heavy atom. The van der Waals surface area contributed by atoms with E-state index in [4.69, 9.17) is 0 Å². The Balaban J connectivity index is 1.54. The van der Waals surface area contributed by atoms with Crippen LogP contribution in [0.1, 0.15) is 46.8 Å². The normalized spacial score (nSPS) is 17.7. The maximum Gasteiger partial charge on any atom is 0.272 e. The minimum absolute atomic E-state index is 0.000245. The van der Waals surface area contributed by atoms with E-state index in [1.807, 2.05) is 25.8 Å². The largest absolute Gasteiger partial charge is 0.336 e. The highest BCUT2D eigenvalue weighted by Gasteiger charge is 2.27. The van der Waals surface area contributed by atoms with Gasteiger partial charge < -0.3 is 9.80 Å². The number of carbonyl (C=O) groups is 1. The quantitative estimate of drug-likeness (QED) is 0.787. The van der Waals surface area contributed by atoms with E-state index in [9.17, 15) is 4.79 Å². The van der Waals surface area contributed by atoms with Gasteiger partial charge in [-0.2, -0.15) is 0 Å². The number of piperidine rings is 1. The van der Waals surface area contributed by atoms with Crippen LogP contribution in [-0.4, -0.2) is 58.4 Å². The zero-order valence-corrected chi connectivity index (χ0v) is 16.7. The van der Waals surface area contributed by atoms with Crippen LogP contribution in [-0.2, 0) is 6.42 Å². The fourth-order valence-electron chi connectivity index (χ4n) is 3.87. The maximum absolute atomic E-state index is 12.9. The molecule has 0 unspecified atom stereocenters. The Kier molecular flexibility index (Phi) is 6.56. The third-order valence-electron chi connectivity index (χ3n) is 5.32. The van der Waals surface area contributed by atoms with Gasteiger partial charge in [-0.3, -0.25) is 4.79 Å². The van der Waals surface area contributed by atoms with Crippen molar-refractivity contribution >= 4 is 5.91 Å². The van der Waals surface area contributed by atoms with Crippen LogP contribution in [0.3, 0.4) is 0 Å². The summed E-state index contributed by atoms with van der Waals surface area (Å²) in [5.74, 6) is 0.651. The van der Waals surface area contributed by atoms with Crippen LogP contribution in [0.5, 0.6) is 0 Å². The lowest BCUT2D eigenvalue weighted by molar-refractivity contribution is 0.0610. The topological polar surface area (TPSA) is 49.3 Å². The molecular weight excluding hydrogens is 336 g/mol. The molecule has 5 nitrogen and oxygen atoms in total. The van der Waals surface area contributed by atoms with E-state index < -0.39 is 0 Å². The number of hydrogen-bond acceptors (Lipinski definition) is 4. The van der Waals surface area contributed by atoms with Crippen LogP contribution in [0.4, 0.5) is 0 Å². The molecule has 2 heterocycles. The Labute approximate surface area is 162 Å². The minimum Gasteiger partial charge on any atom is -0.336 e. The van der Waals surface area contributed by atoms with Gasteiger partial charge in [0.05, 0.1) is 0 Å². The monoisotopic (exact) mass is 366 g/mol. The van der Waals surface area contributed by atoms with Gasteiger partial charge in [-0.1, -0.05) is 30.3 Å². The molecule has 1 saturated heterocycles. The smallest absolute Gasteiger partial charge is 0.272 e. The Bertz CT molecular complexity index is 742. The van der Waals surface area contributed by atoms with Gasteiger partial charge in [0.25, 0.3) is 5.91 Å². The number of hydrogen-bond donors (Lipinski definition) is 0. The lowest BCUT2D eigenvalue weighted by atomic mass is 10.0. The van der Waals surface area contributed by atoms with Gasteiger partial charge in [-0.25, -0.2) is 9.97 Å². The summed E-state index contributed by atoms with van der Waals surface area (Å²) in [6.45, 7) is 6.89. The van der Waals surface area contributed by atoms with Crippen LogP contribution in [0, 0.1) is 13.8 Å². The molecule has 1 amide bonds. The molecule has 1 aliphatic heterocycles. The average Bonchev–Trinajstić information content (AvgIpc) is 2.67. The van der Waals surface area contributed by atoms with Crippen molar-refractivity contribution in [1.29, 1.82) is 0 Å². The third-order valence-corrected chi connectivity index (χ3v) is 5.32. The molecule has 1 atom stereocenters. The first-order valence-electron chi connectivity index (χ1n) is 9.88. The fourth-order valence-corrected chi connectivity index (χ4v) is 3.87. The van der Waals surface area contributed by atoms with Crippen LogP contribution in [0.2, 0.25) is 0 Å². The fraction of sp³-hybridized carbons (Fsp3) is 0.500. The van der Waals surface area contributed by atoms with Gasteiger partial charge in [0, 0.05) is 25.3 Å². The highest BCUT2D eigenvalue weighted by molar-refractivity contribution is 5.92. The predicted molar refractivity (Wildman–Crippen MR) is 108 cm³/mol. The van der Waals surface area contributed by atoms with Crippen molar-refractivity contribution in [2.75, 3.05) is 26.7 Å². The van der Waals surface area contributed by atoms with Gasteiger partial charge in [0.2, 0.25) is 0 Å². The van der Waals surface area contributed by atoms with Crippen LogP contribution < -0.4 is 0 Å². The number of rotatable bonds is 6. The number of amides is 1. The number of nitrogens with zero attached hydrogens (tertiary/aromatic N) is 4. The third kappa shape index (κ3) is 5.36. The summed E-state index contributed by atoms with van der Waals surface area (Å²) in [5.41, 5.74) is 2.74. The van der Waals surface area contributed by atoms with Crippen molar-refractivity contribution in [3.05, 3.63) is 59.2 Å². The van der Waals surface area contributed by atoms with E-state index >= 15 is 0 Å². The molecule has 3 rings (SSSR count). The van der Waals surface area contributed by atoms with E-state index in [0.29, 0.717) is 11.5 Å². The summed E-state index contributed by atoms with van der Waals surface area (Å²) in [7, 11) is 1.91. The van der Waals surface area contributed by atoms with E-state index in [1.165, 1.54) is 5.56 Å². The number of benzene rings is 1. The average molecular weight is 367 g/mol. The van der Waals surface area contributed by atoms with Crippen LogP contribution in [0.25, 0.3) is 0 Å². The van der Waals surface area contributed by atoms with E-state index in [0.717, 1.165) is 51.0 Å². The standard InChI is InChI=1S/C22H30N4O/c1-17-15-21(24-18(2)23-17)22(27)25(3)20-12-8-14-26(16-20)13-7-11-19-9-5-4-6-10-19/h4-6,9-10,15,20H,7-8,11-14,16H2,1-3H3/t20-/m0/s1. The highest BCUT2D eigenvalue weighted by Crippen LogP contribution is 2.17. The highest BCUT2D eigenvalue weighted by atomic mass is 16.2. The lowest BCUT2D eigenvalue weighted by Crippen LogP contribution is -2.49. The lowest BCUT2D eigenvalue weighted by Gasteiger charge is -2.37. The second-order valence-corrected chi connectivity index (χ2v) is 7.54. The molecule has 0 aliphatic carbocycles. The van der Waals surface area contributed by atoms with Gasteiger partial charge in [-0.05, 0) is 64.3 Å². The molecule has 144 valence electrons. The van der Waals surface area contributed by atoms with Crippen molar-refractivity contribution in [3.63, 3.8) is 0 Å². The van der Waals surface area contributed by atoms with Gasteiger partial charge in [0.15, 0.2) is 0 Å². The minimum atomic E-state index is -0.000245. The number of likely N-dealkylation sites (tertiary alicyclic amines) is 1. The van der Waals surface area contributed by atoms with Crippen LogP contribution >= 0.6 is 0 Å². The molecular formula is C22H30N4O. The van der Waals surface area contributed by atoms with Crippen molar-refractivity contribution in [3.8, 4) is 0 Å². The number of aromatic nitrogens is 2. The Morgan fingerprint density at radius 1 is 1.22 bits per heavy atom. The molecule has 1 aliphatic rings. The molecule has 1 fully saturated rings. The molecule has 0 saturated carbocycles. The zero-order valence-electron chi connectivity index (χ0n) is 16.7. The van der Waals surface area contributed by atoms with Crippen molar-refractivity contribution in [1.82, 2.24) is 19.8 Å². The van der Waals surface area contributed by atoms with Gasteiger partial charge in [0.1, 0.15) is 11.5 Å². The molecule has 0 radical (unpaired) electrons. The summed E-state index contributed by atoms with van der Waals surface area (Å²) in [6, 6.07) is 12.7. The van der Waals surface area contributed by atoms with Crippen molar-refractivity contribution < 1.29 is 4.79 Å². The summed E-state index contributed by atoms with van der Waals surface area (Å²) < 4.78 is 0. The van der Waals surface area contributed by atoms with Crippen molar-refractivity contribution in [2.24, 2.45) is 0 Å². The molecule has 0 spiro atoms. The number of aryl methyl sites for hydroxylation is 3.